The predicted molar refractivity (Wildman–Crippen MR) is 67.6 cm³/mol. The summed E-state index contributed by atoms with van der Waals surface area (Å²) in [7, 11) is 1.26. The van der Waals surface area contributed by atoms with Crippen LogP contribution in [0.15, 0.2) is 0 Å². The lowest BCUT2D eigenvalue weighted by Crippen LogP contribution is -2.45. The van der Waals surface area contributed by atoms with Crippen molar-refractivity contribution in [3.63, 3.8) is 0 Å². The van der Waals surface area contributed by atoms with E-state index in [2.05, 4.69) is 0 Å². The quantitative estimate of drug-likeness (QED) is 0.602. The van der Waals surface area contributed by atoms with Crippen LogP contribution in [0.5, 0.6) is 0 Å². The molecule has 0 aliphatic heterocycles. The fourth-order valence-corrected chi connectivity index (χ4v) is 3.71. The van der Waals surface area contributed by atoms with Crippen molar-refractivity contribution in [2.75, 3.05) is 19.6 Å². The van der Waals surface area contributed by atoms with Crippen molar-refractivity contribution in [1.82, 2.24) is 0 Å². The van der Waals surface area contributed by atoms with Crippen LogP contribution < -0.4 is 0 Å². The van der Waals surface area contributed by atoms with E-state index < -0.39 is 6.10 Å². The van der Waals surface area contributed by atoms with Crippen LogP contribution >= 0.6 is 0 Å². The van der Waals surface area contributed by atoms with Gasteiger partial charge >= 0.3 is 5.97 Å². The molecule has 0 aromatic rings. The lowest BCUT2D eigenvalue weighted by atomic mass is 9.84. The van der Waals surface area contributed by atoms with Gasteiger partial charge in [-0.2, -0.15) is 0 Å². The Morgan fingerprint density at radius 2 is 1.88 bits per heavy atom. The van der Waals surface area contributed by atoms with Gasteiger partial charge in [0.25, 0.3) is 0 Å². The van der Waals surface area contributed by atoms with Crippen LogP contribution in [0.4, 0.5) is 0 Å². The highest BCUT2D eigenvalue weighted by atomic mass is 32.2. The summed E-state index contributed by atoms with van der Waals surface area (Å²) in [5.74, 6) is 0.0270. The summed E-state index contributed by atoms with van der Waals surface area (Å²) in [5, 5.41) is 9.97. The first-order chi connectivity index (χ1) is 7.57. The molecule has 1 fully saturated rings. The molecule has 0 bridgehead atoms. The van der Waals surface area contributed by atoms with E-state index in [1.165, 1.54) is 26.4 Å². The molecule has 1 saturated carbocycles. The second kappa shape index (κ2) is 6.50. The maximum absolute atomic E-state index is 11.7. The number of methoxy groups -OCH3 is 1. The summed E-state index contributed by atoms with van der Waals surface area (Å²) in [6, 6.07) is 0. The molecule has 0 aromatic carbocycles. The Balaban J connectivity index is 2.65. The standard InChI is InChI=1S/C12H23O3S/c1-15-12(14)11(16(2)3)10(13)9-7-5-4-6-8-9/h9-11,13H,4-8H2,1-3H3/q+1/t10-,11-/m0/s1. The molecule has 0 amide bonds. The molecule has 4 heteroatoms. The first-order valence-corrected chi connectivity index (χ1v) is 8.00. The molecular weight excluding hydrogens is 224 g/mol. The fraction of sp³-hybridized carbons (Fsp3) is 0.917. The van der Waals surface area contributed by atoms with Gasteiger partial charge in [-0.25, -0.2) is 4.79 Å². The van der Waals surface area contributed by atoms with Crippen molar-refractivity contribution in [1.29, 1.82) is 0 Å². The normalized spacial score (nSPS) is 21.8. The Bertz CT molecular complexity index is 224. The van der Waals surface area contributed by atoms with Crippen LogP contribution in [0.2, 0.25) is 0 Å². The molecule has 2 atom stereocenters. The van der Waals surface area contributed by atoms with Gasteiger partial charge in [0.2, 0.25) is 5.25 Å². The first-order valence-electron chi connectivity index (χ1n) is 5.90. The van der Waals surface area contributed by atoms with Crippen LogP contribution in [0.3, 0.4) is 0 Å². The summed E-state index contributed by atoms with van der Waals surface area (Å²) >= 11 is 0. The molecule has 3 nitrogen and oxygen atoms in total. The van der Waals surface area contributed by atoms with Gasteiger partial charge in [-0.1, -0.05) is 19.3 Å². The molecule has 0 saturated heterocycles. The smallest absolute Gasteiger partial charge is 0.361 e. The number of esters is 1. The average Bonchev–Trinajstić information content (AvgIpc) is 2.29. The van der Waals surface area contributed by atoms with E-state index in [4.69, 9.17) is 4.74 Å². The van der Waals surface area contributed by atoms with Gasteiger partial charge in [0.05, 0.1) is 19.6 Å². The van der Waals surface area contributed by atoms with Crippen LogP contribution in [-0.2, 0) is 20.4 Å². The zero-order valence-electron chi connectivity index (χ0n) is 10.4. The Hall–Kier alpha value is -0.220. The molecule has 0 unspecified atom stereocenters. The van der Waals surface area contributed by atoms with Gasteiger partial charge in [0.1, 0.15) is 6.10 Å². The van der Waals surface area contributed by atoms with Crippen molar-refractivity contribution < 1.29 is 14.6 Å². The van der Waals surface area contributed by atoms with E-state index in [1.807, 2.05) is 12.5 Å². The van der Waals surface area contributed by atoms with E-state index in [0.29, 0.717) is 0 Å². The monoisotopic (exact) mass is 247 g/mol. The van der Waals surface area contributed by atoms with Crippen molar-refractivity contribution in [3.05, 3.63) is 0 Å². The van der Waals surface area contributed by atoms with E-state index >= 15 is 0 Å². The van der Waals surface area contributed by atoms with Gasteiger partial charge in [-0.3, -0.25) is 0 Å². The molecule has 0 aromatic heterocycles. The van der Waals surface area contributed by atoms with Crippen molar-refractivity contribution >= 4 is 16.9 Å². The number of hydrogen-bond acceptors (Lipinski definition) is 3. The predicted octanol–water partition coefficient (Wildman–Crippen LogP) is 1.35. The van der Waals surface area contributed by atoms with Crippen LogP contribution in [0.25, 0.3) is 0 Å². The summed E-state index contributed by atoms with van der Waals surface area (Å²) < 4.78 is 4.79. The molecule has 94 valence electrons. The van der Waals surface area contributed by atoms with Gasteiger partial charge < -0.3 is 9.84 Å². The van der Waals surface area contributed by atoms with Crippen molar-refractivity contribution in [2.24, 2.45) is 5.92 Å². The van der Waals surface area contributed by atoms with E-state index in [0.717, 1.165) is 12.8 Å². The van der Waals surface area contributed by atoms with Gasteiger partial charge in [-0.15, -0.1) is 0 Å². The summed E-state index contributed by atoms with van der Waals surface area (Å²) in [6.45, 7) is 0. The van der Waals surface area contributed by atoms with Crippen LogP contribution in [-0.4, -0.2) is 42.1 Å². The molecule has 0 radical (unpaired) electrons. The number of hydrogen-bond donors (Lipinski definition) is 1. The molecule has 0 spiro atoms. The molecule has 1 aliphatic rings. The third-order valence-corrected chi connectivity index (χ3v) is 4.87. The number of aliphatic hydroxyl groups excluding tert-OH is 1. The SMILES string of the molecule is COC(=O)[C@H]([C@@H](O)C1CCCCC1)[S+](C)C. The summed E-state index contributed by atoms with van der Waals surface area (Å²) in [5.41, 5.74) is 0. The van der Waals surface area contributed by atoms with Gasteiger partial charge in [-0.05, 0) is 29.7 Å². The number of carbonyl (C=O) groups excluding carboxylic acids is 1. The first kappa shape index (κ1) is 13.8. The van der Waals surface area contributed by atoms with Crippen LogP contribution in [0.1, 0.15) is 32.1 Å². The Labute approximate surface area is 101 Å². The molecule has 1 N–H and O–H groups in total. The maximum atomic E-state index is 11.7. The Morgan fingerprint density at radius 3 is 2.31 bits per heavy atom. The van der Waals surface area contributed by atoms with Crippen molar-refractivity contribution in [2.45, 2.75) is 43.5 Å². The molecule has 16 heavy (non-hydrogen) atoms. The van der Waals surface area contributed by atoms with E-state index in [-0.39, 0.29) is 28.0 Å². The van der Waals surface area contributed by atoms with Gasteiger partial charge in [0.15, 0.2) is 0 Å². The van der Waals surface area contributed by atoms with E-state index in [9.17, 15) is 9.90 Å². The zero-order chi connectivity index (χ0) is 12.1. The van der Waals surface area contributed by atoms with Gasteiger partial charge in [0, 0.05) is 0 Å². The minimum atomic E-state index is -0.522. The minimum absolute atomic E-state index is 0.140. The molecule has 1 aliphatic carbocycles. The molecule has 0 heterocycles. The Kier molecular flexibility index (Phi) is 5.62. The minimum Gasteiger partial charge on any atom is -0.465 e. The van der Waals surface area contributed by atoms with E-state index in [1.54, 1.807) is 0 Å². The number of carbonyl (C=O) groups is 1. The third-order valence-electron chi connectivity index (χ3n) is 3.38. The highest BCUT2D eigenvalue weighted by Gasteiger charge is 2.42. The zero-order valence-corrected chi connectivity index (χ0v) is 11.3. The summed E-state index contributed by atoms with van der Waals surface area (Å²) in [4.78, 5) is 11.7. The largest absolute Gasteiger partial charge is 0.465 e. The second-order valence-corrected chi connectivity index (χ2v) is 6.98. The lowest BCUT2D eigenvalue weighted by Gasteiger charge is -2.28. The fourth-order valence-electron chi connectivity index (χ4n) is 2.45. The lowest BCUT2D eigenvalue weighted by molar-refractivity contribution is -0.143. The number of rotatable bonds is 4. The van der Waals surface area contributed by atoms with Crippen LogP contribution in [0, 0.1) is 5.92 Å². The Morgan fingerprint density at radius 1 is 1.31 bits per heavy atom. The summed E-state index contributed by atoms with van der Waals surface area (Å²) in [6.07, 6.45) is 9.17. The molecular formula is C12H23O3S+. The maximum Gasteiger partial charge on any atom is 0.361 e. The average molecular weight is 247 g/mol. The molecule has 1 rings (SSSR count). The second-order valence-electron chi connectivity index (χ2n) is 4.71. The highest BCUT2D eigenvalue weighted by Crippen LogP contribution is 2.29. The number of aliphatic hydroxyl groups is 1. The topological polar surface area (TPSA) is 46.5 Å². The third kappa shape index (κ3) is 3.39. The highest BCUT2D eigenvalue weighted by molar-refractivity contribution is 7.96. The number of ether oxygens (including phenoxy) is 1. The van der Waals surface area contributed by atoms with Crippen molar-refractivity contribution in [3.8, 4) is 0 Å².